The minimum absolute atomic E-state index is 0.752. The molecule has 0 aliphatic carbocycles. The van der Waals surface area contributed by atoms with Crippen molar-refractivity contribution in [1.82, 2.24) is 9.55 Å². The van der Waals surface area contributed by atoms with E-state index in [0.717, 1.165) is 39.5 Å². The molecule has 0 fully saturated rings. The number of aryl methyl sites for hydroxylation is 3. The summed E-state index contributed by atoms with van der Waals surface area (Å²) in [5.41, 5.74) is 12.0. The lowest BCUT2D eigenvalue weighted by Gasteiger charge is -2.12. The Hall–Kier alpha value is -2.49. The number of para-hydroxylation sites is 1. The summed E-state index contributed by atoms with van der Waals surface area (Å²) < 4.78 is 2.08. The number of hydrogen-bond donors (Lipinski definition) is 2. The van der Waals surface area contributed by atoms with Gasteiger partial charge in [0.1, 0.15) is 5.82 Å². The molecular formula is C16H18N4. The standard InChI is InChI=1S/C16H18N4/c1-10-5-4-6-13(17)16(10)19-12-7-8-15-14(9-12)18-11(2)20(15)3/h4-9,19H,17H2,1-3H3. The molecule has 3 rings (SSSR count). The molecule has 2 aromatic carbocycles. The van der Waals surface area contributed by atoms with Gasteiger partial charge in [0.15, 0.2) is 0 Å². The average molecular weight is 266 g/mol. The Bertz CT molecular complexity index is 766. The fourth-order valence-electron chi connectivity index (χ4n) is 2.40. The second-order valence-corrected chi connectivity index (χ2v) is 5.09. The van der Waals surface area contributed by atoms with E-state index in [-0.39, 0.29) is 0 Å². The predicted octanol–water partition coefficient (Wildman–Crippen LogP) is 3.52. The van der Waals surface area contributed by atoms with Crippen molar-refractivity contribution in [2.45, 2.75) is 13.8 Å². The topological polar surface area (TPSA) is 55.9 Å². The summed E-state index contributed by atoms with van der Waals surface area (Å²) in [4.78, 5) is 4.55. The first-order chi connectivity index (χ1) is 9.56. The van der Waals surface area contributed by atoms with Crippen molar-refractivity contribution >= 4 is 28.1 Å². The van der Waals surface area contributed by atoms with E-state index in [4.69, 9.17) is 5.73 Å². The van der Waals surface area contributed by atoms with E-state index in [1.54, 1.807) is 0 Å². The number of hydrogen-bond acceptors (Lipinski definition) is 3. The zero-order chi connectivity index (χ0) is 14.3. The number of nitrogens with two attached hydrogens (primary N) is 1. The first kappa shape index (κ1) is 12.5. The van der Waals surface area contributed by atoms with E-state index < -0.39 is 0 Å². The zero-order valence-corrected chi connectivity index (χ0v) is 11.9. The summed E-state index contributed by atoms with van der Waals surface area (Å²) in [6, 6.07) is 12.1. The number of anilines is 3. The summed E-state index contributed by atoms with van der Waals surface area (Å²) >= 11 is 0. The van der Waals surface area contributed by atoms with Gasteiger partial charge in [-0.2, -0.15) is 0 Å². The van der Waals surface area contributed by atoms with Crippen LogP contribution in [0.3, 0.4) is 0 Å². The Balaban J connectivity index is 2.03. The Morgan fingerprint density at radius 2 is 1.95 bits per heavy atom. The summed E-state index contributed by atoms with van der Waals surface area (Å²) in [6.07, 6.45) is 0. The molecule has 3 N–H and O–H groups in total. The third kappa shape index (κ3) is 1.99. The van der Waals surface area contributed by atoms with E-state index >= 15 is 0 Å². The minimum Gasteiger partial charge on any atom is -0.397 e. The number of nitrogens with zero attached hydrogens (tertiary/aromatic N) is 2. The molecule has 3 aromatic rings. The largest absolute Gasteiger partial charge is 0.397 e. The maximum Gasteiger partial charge on any atom is 0.106 e. The van der Waals surface area contributed by atoms with Crippen LogP contribution in [0.1, 0.15) is 11.4 Å². The molecule has 1 aromatic heterocycles. The van der Waals surface area contributed by atoms with E-state index in [1.165, 1.54) is 0 Å². The molecule has 0 saturated carbocycles. The quantitative estimate of drug-likeness (QED) is 0.698. The van der Waals surface area contributed by atoms with Crippen LogP contribution >= 0.6 is 0 Å². The van der Waals surface area contributed by atoms with E-state index in [9.17, 15) is 0 Å². The zero-order valence-electron chi connectivity index (χ0n) is 11.9. The van der Waals surface area contributed by atoms with Gasteiger partial charge in [0, 0.05) is 12.7 Å². The van der Waals surface area contributed by atoms with Gasteiger partial charge in [-0.05, 0) is 43.7 Å². The van der Waals surface area contributed by atoms with Gasteiger partial charge in [-0.3, -0.25) is 0 Å². The molecule has 0 radical (unpaired) electrons. The fraction of sp³-hybridized carbons (Fsp3) is 0.188. The van der Waals surface area contributed by atoms with E-state index in [0.29, 0.717) is 0 Å². The normalized spacial score (nSPS) is 10.9. The Labute approximate surface area is 118 Å². The molecule has 0 aliphatic rings. The fourth-order valence-corrected chi connectivity index (χ4v) is 2.40. The Morgan fingerprint density at radius 3 is 2.70 bits per heavy atom. The van der Waals surface area contributed by atoms with Crippen LogP contribution < -0.4 is 11.1 Å². The number of fused-ring (bicyclic) bond motifs is 1. The maximum atomic E-state index is 6.03. The van der Waals surface area contributed by atoms with Crippen LogP contribution in [0.4, 0.5) is 17.1 Å². The van der Waals surface area contributed by atoms with Gasteiger partial charge in [0.25, 0.3) is 0 Å². The predicted molar refractivity (Wildman–Crippen MR) is 84.3 cm³/mol. The van der Waals surface area contributed by atoms with Crippen LogP contribution in [-0.2, 0) is 7.05 Å². The van der Waals surface area contributed by atoms with Gasteiger partial charge in [-0.15, -0.1) is 0 Å². The number of nitrogen functional groups attached to an aromatic ring is 1. The maximum absolute atomic E-state index is 6.03. The molecule has 102 valence electrons. The Kier molecular flexibility index (Phi) is 2.86. The lowest BCUT2D eigenvalue weighted by molar-refractivity contribution is 0.886. The molecule has 1 heterocycles. The monoisotopic (exact) mass is 266 g/mol. The van der Waals surface area contributed by atoms with Crippen molar-refractivity contribution in [3.05, 3.63) is 47.8 Å². The lowest BCUT2D eigenvalue weighted by atomic mass is 10.1. The van der Waals surface area contributed by atoms with Gasteiger partial charge in [-0.1, -0.05) is 12.1 Å². The van der Waals surface area contributed by atoms with E-state index in [1.807, 2.05) is 45.2 Å². The molecule has 4 heteroatoms. The van der Waals surface area contributed by atoms with Crippen molar-refractivity contribution in [2.75, 3.05) is 11.1 Å². The van der Waals surface area contributed by atoms with Crippen molar-refractivity contribution in [1.29, 1.82) is 0 Å². The summed E-state index contributed by atoms with van der Waals surface area (Å²) in [6.45, 7) is 4.05. The highest BCUT2D eigenvalue weighted by Crippen LogP contribution is 2.28. The number of imidazole rings is 1. The third-order valence-corrected chi connectivity index (χ3v) is 3.68. The molecular weight excluding hydrogens is 248 g/mol. The molecule has 0 saturated heterocycles. The van der Waals surface area contributed by atoms with Crippen LogP contribution in [0, 0.1) is 13.8 Å². The van der Waals surface area contributed by atoms with Crippen molar-refractivity contribution in [3.63, 3.8) is 0 Å². The van der Waals surface area contributed by atoms with Crippen molar-refractivity contribution < 1.29 is 0 Å². The van der Waals surface area contributed by atoms with Crippen LogP contribution in [-0.4, -0.2) is 9.55 Å². The van der Waals surface area contributed by atoms with Crippen LogP contribution in [0.2, 0.25) is 0 Å². The Morgan fingerprint density at radius 1 is 1.15 bits per heavy atom. The number of benzene rings is 2. The molecule has 4 nitrogen and oxygen atoms in total. The summed E-state index contributed by atoms with van der Waals surface area (Å²) in [5, 5.41) is 3.39. The van der Waals surface area contributed by atoms with Gasteiger partial charge in [-0.25, -0.2) is 4.98 Å². The molecule has 20 heavy (non-hydrogen) atoms. The average Bonchev–Trinajstić information content (AvgIpc) is 2.69. The number of rotatable bonds is 2. The molecule has 0 aliphatic heterocycles. The number of aromatic nitrogens is 2. The molecule has 0 unspecified atom stereocenters. The lowest BCUT2D eigenvalue weighted by Crippen LogP contribution is -1.98. The van der Waals surface area contributed by atoms with Gasteiger partial charge in [0.05, 0.1) is 22.4 Å². The van der Waals surface area contributed by atoms with Gasteiger partial charge >= 0.3 is 0 Å². The third-order valence-electron chi connectivity index (χ3n) is 3.68. The smallest absolute Gasteiger partial charge is 0.106 e. The minimum atomic E-state index is 0.752. The van der Waals surface area contributed by atoms with Crippen molar-refractivity contribution in [3.8, 4) is 0 Å². The molecule has 0 bridgehead atoms. The second-order valence-electron chi connectivity index (χ2n) is 5.09. The SMILES string of the molecule is Cc1cccc(N)c1Nc1ccc2c(c1)nc(C)n2C. The van der Waals surface area contributed by atoms with E-state index in [2.05, 4.69) is 27.0 Å². The highest BCUT2D eigenvalue weighted by molar-refractivity contribution is 5.83. The summed E-state index contributed by atoms with van der Waals surface area (Å²) in [7, 11) is 2.02. The van der Waals surface area contributed by atoms with Gasteiger partial charge in [0.2, 0.25) is 0 Å². The van der Waals surface area contributed by atoms with Crippen LogP contribution in [0.5, 0.6) is 0 Å². The summed E-state index contributed by atoms with van der Waals surface area (Å²) in [5.74, 6) is 1.01. The first-order valence-corrected chi connectivity index (χ1v) is 6.61. The molecule has 0 spiro atoms. The molecule has 0 atom stereocenters. The second kappa shape index (κ2) is 4.56. The van der Waals surface area contributed by atoms with Crippen LogP contribution in [0.25, 0.3) is 11.0 Å². The highest BCUT2D eigenvalue weighted by Gasteiger charge is 2.07. The highest BCUT2D eigenvalue weighted by atomic mass is 15.1. The van der Waals surface area contributed by atoms with Crippen LogP contribution in [0.15, 0.2) is 36.4 Å². The van der Waals surface area contributed by atoms with Gasteiger partial charge < -0.3 is 15.6 Å². The number of nitrogens with one attached hydrogen (secondary N) is 1. The molecule has 0 amide bonds. The first-order valence-electron chi connectivity index (χ1n) is 6.61. The van der Waals surface area contributed by atoms with Crippen molar-refractivity contribution in [2.24, 2.45) is 7.05 Å².